The van der Waals surface area contributed by atoms with E-state index >= 15 is 0 Å². The fourth-order valence-electron chi connectivity index (χ4n) is 6.26. The SMILES string of the molecule is COc1nc(Br)c(C)c(OCc2ccccc2)c1OC.COc1nc(CCCCCCCCCOC2CCCCO2)c(C)c(OCc2ccccc2)c1OC. The van der Waals surface area contributed by atoms with Gasteiger partial charge in [-0.15, -0.1) is 0 Å². The van der Waals surface area contributed by atoms with E-state index in [0.29, 0.717) is 46.8 Å². The van der Waals surface area contributed by atoms with Crippen LogP contribution in [0.5, 0.6) is 34.8 Å². The van der Waals surface area contributed by atoms with Crippen molar-refractivity contribution >= 4 is 15.9 Å². The Morgan fingerprint density at radius 1 is 0.618 bits per heavy atom. The molecule has 1 fully saturated rings. The molecule has 4 aromatic rings. The van der Waals surface area contributed by atoms with Gasteiger partial charge in [-0.25, -0.2) is 9.97 Å². The highest BCUT2D eigenvalue weighted by Crippen LogP contribution is 2.42. The zero-order valence-corrected chi connectivity index (χ0v) is 35.1. The quantitative estimate of drug-likeness (QED) is 0.0596. The Hall–Kier alpha value is -4.06. The van der Waals surface area contributed by atoms with Crippen LogP contribution in [-0.2, 0) is 29.1 Å². The summed E-state index contributed by atoms with van der Waals surface area (Å²) in [5.74, 6) is 3.30. The molecule has 55 heavy (non-hydrogen) atoms. The Balaban J connectivity index is 0.000000284. The maximum atomic E-state index is 6.20. The molecular weight excluding hydrogens is 764 g/mol. The van der Waals surface area contributed by atoms with Crippen LogP contribution in [0.3, 0.4) is 0 Å². The molecule has 0 N–H and O–H groups in total. The molecule has 1 unspecified atom stereocenters. The molecule has 0 saturated carbocycles. The number of hydrogen-bond acceptors (Lipinski definition) is 10. The number of rotatable bonds is 21. The Bertz CT molecular complexity index is 1690. The molecule has 11 heteroatoms. The van der Waals surface area contributed by atoms with Crippen LogP contribution in [0.4, 0.5) is 0 Å². The summed E-state index contributed by atoms with van der Waals surface area (Å²) in [6.07, 6.45) is 12.8. The molecule has 300 valence electrons. The van der Waals surface area contributed by atoms with Gasteiger partial charge in [-0.1, -0.05) is 92.8 Å². The van der Waals surface area contributed by atoms with Crippen LogP contribution in [0.1, 0.15) is 92.2 Å². The zero-order valence-electron chi connectivity index (χ0n) is 33.5. The van der Waals surface area contributed by atoms with Crippen molar-refractivity contribution in [3.05, 3.63) is 93.2 Å². The third-order valence-corrected chi connectivity index (χ3v) is 10.2. The van der Waals surface area contributed by atoms with Crippen molar-refractivity contribution < 1.29 is 37.9 Å². The van der Waals surface area contributed by atoms with Gasteiger partial charge in [0.2, 0.25) is 11.5 Å². The summed E-state index contributed by atoms with van der Waals surface area (Å²) in [5, 5.41) is 0. The summed E-state index contributed by atoms with van der Waals surface area (Å²) in [6.45, 7) is 6.58. The fraction of sp³-hybridized carbons (Fsp3) is 0.500. The number of ether oxygens (including phenoxy) is 8. The van der Waals surface area contributed by atoms with E-state index in [1.54, 1.807) is 28.4 Å². The van der Waals surface area contributed by atoms with Gasteiger partial charge >= 0.3 is 0 Å². The fourth-order valence-corrected chi connectivity index (χ4v) is 6.60. The third kappa shape index (κ3) is 13.9. The van der Waals surface area contributed by atoms with Crippen LogP contribution in [-0.4, -0.2) is 57.9 Å². The van der Waals surface area contributed by atoms with Crippen LogP contribution in [0.2, 0.25) is 0 Å². The summed E-state index contributed by atoms with van der Waals surface area (Å²) < 4.78 is 45.9. The third-order valence-electron chi connectivity index (χ3n) is 9.41. The van der Waals surface area contributed by atoms with Crippen LogP contribution in [0.15, 0.2) is 65.3 Å². The van der Waals surface area contributed by atoms with Gasteiger partial charge in [-0.2, -0.15) is 0 Å². The molecule has 0 radical (unpaired) electrons. The van der Waals surface area contributed by atoms with Gasteiger partial charge in [0.05, 0.1) is 34.1 Å². The van der Waals surface area contributed by atoms with Crippen LogP contribution in [0.25, 0.3) is 0 Å². The van der Waals surface area contributed by atoms with Crippen molar-refractivity contribution in [3.63, 3.8) is 0 Å². The van der Waals surface area contributed by atoms with Gasteiger partial charge < -0.3 is 37.9 Å². The van der Waals surface area contributed by atoms with Crippen molar-refractivity contribution in [2.45, 2.75) is 104 Å². The second-order valence-corrected chi connectivity index (χ2v) is 14.1. The van der Waals surface area contributed by atoms with Gasteiger partial charge in [-0.05, 0) is 79.4 Å². The van der Waals surface area contributed by atoms with E-state index in [1.165, 1.54) is 44.9 Å². The van der Waals surface area contributed by atoms with Gasteiger partial charge in [0.1, 0.15) is 17.8 Å². The standard InChI is InChI=1S/C29H43NO5.C15H16BrNO3/c1-23-25(18-12-7-5-4-6-8-14-20-33-26-19-13-15-21-34-26)30-29(32-3)28(31-2)27(23)35-22-24-16-10-9-11-17-24;1-10-12(20-9-11-7-5-4-6-8-11)13(18-2)15(19-3)17-14(10)16/h9-11,16-17,26H,4-8,12-15,18-22H2,1-3H3;4-8H,9H2,1-3H3. The molecule has 0 amide bonds. The van der Waals surface area contributed by atoms with Crippen molar-refractivity contribution in [2.24, 2.45) is 0 Å². The van der Waals surface area contributed by atoms with Gasteiger partial charge in [0.25, 0.3) is 11.8 Å². The minimum atomic E-state index is 0.0432. The first-order valence-electron chi connectivity index (χ1n) is 19.4. The highest BCUT2D eigenvalue weighted by atomic mass is 79.9. The van der Waals surface area contributed by atoms with Crippen molar-refractivity contribution in [3.8, 4) is 34.8 Å². The van der Waals surface area contributed by atoms with E-state index in [4.69, 9.17) is 42.9 Å². The second kappa shape index (κ2) is 24.5. The Labute approximate surface area is 336 Å². The lowest BCUT2D eigenvalue weighted by Gasteiger charge is -2.22. The first kappa shape index (κ1) is 43.7. The van der Waals surface area contributed by atoms with E-state index in [2.05, 4.69) is 40.0 Å². The maximum Gasteiger partial charge on any atom is 0.261 e. The molecule has 2 aromatic carbocycles. The number of nitrogens with zero attached hydrogens (tertiary/aromatic N) is 2. The van der Waals surface area contributed by atoms with Gasteiger partial charge in [0.15, 0.2) is 17.8 Å². The summed E-state index contributed by atoms with van der Waals surface area (Å²) in [4.78, 5) is 9.00. The lowest BCUT2D eigenvalue weighted by Crippen LogP contribution is -2.22. The van der Waals surface area contributed by atoms with Crippen LogP contribution in [0, 0.1) is 13.8 Å². The average Bonchev–Trinajstić information content (AvgIpc) is 3.23. The Kier molecular flexibility index (Phi) is 19.4. The smallest absolute Gasteiger partial charge is 0.261 e. The van der Waals surface area contributed by atoms with E-state index in [-0.39, 0.29) is 6.29 Å². The highest BCUT2D eigenvalue weighted by Gasteiger charge is 2.21. The molecule has 1 aliphatic rings. The lowest BCUT2D eigenvalue weighted by molar-refractivity contribution is -0.162. The summed E-state index contributed by atoms with van der Waals surface area (Å²) in [6, 6.07) is 20.1. The Morgan fingerprint density at radius 3 is 1.67 bits per heavy atom. The number of pyridine rings is 2. The zero-order chi connectivity index (χ0) is 39.3. The van der Waals surface area contributed by atoms with E-state index in [1.807, 2.05) is 55.5 Å². The second-order valence-electron chi connectivity index (χ2n) is 13.4. The molecule has 1 aliphatic heterocycles. The highest BCUT2D eigenvalue weighted by molar-refractivity contribution is 9.10. The average molecular weight is 824 g/mol. The molecule has 1 saturated heterocycles. The normalized spacial score (nSPS) is 13.7. The van der Waals surface area contributed by atoms with Crippen molar-refractivity contribution in [1.82, 2.24) is 9.97 Å². The number of methoxy groups -OCH3 is 4. The molecule has 0 bridgehead atoms. The van der Waals surface area contributed by atoms with Crippen molar-refractivity contribution in [2.75, 3.05) is 41.7 Å². The predicted octanol–water partition coefficient (Wildman–Crippen LogP) is 10.6. The first-order valence-corrected chi connectivity index (χ1v) is 20.2. The number of halogens is 1. The molecule has 2 aromatic heterocycles. The summed E-state index contributed by atoms with van der Waals surface area (Å²) in [5.41, 5.74) is 5.12. The number of unbranched alkanes of at least 4 members (excludes halogenated alkanes) is 6. The minimum absolute atomic E-state index is 0.0432. The summed E-state index contributed by atoms with van der Waals surface area (Å²) in [7, 11) is 6.37. The molecular formula is C44H59BrN2O8. The largest absolute Gasteiger partial charge is 0.489 e. The topological polar surface area (TPSA) is 99.6 Å². The van der Waals surface area contributed by atoms with E-state index in [0.717, 1.165) is 72.6 Å². The minimum Gasteiger partial charge on any atom is -0.489 e. The Morgan fingerprint density at radius 2 is 1.15 bits per heavy atom. The number of aryl methyl sites for hydroxylation is 1. The van der Waals surface area contributed by atoms with Gasteiger partial charge in [-0.3, -0.25) is 0 Å². The van der Waals surface area contributed by atoms with Crippen LogP contribution >= 0.6 is 15.9 Å². The molecule has 0 spiro atoms. The maximum absolute atomic E-state index is 6.20. The number of aromatic nitrogens is 2. The lowest BCUT2D eigenvalue weighted by atomic mass is 10.0. The monoisotopic (exact) mass is 822 g/mol. The molecule has 5 rings (SSSR count). The summed E-state index contributed by atoms with van der Waals surface area (Å²) >= 11 is 3.40. The molecule has 1 atom stereocenters. The van der Waals surface area contributed by atoms with E-state index < -0.39 is 0 Å². The van der Waals surface area contributed by atoms with Crippen molar-refractivity contribution in [1.29, 1.82) is 0 Å². The predicted molar refractivity (Wildman–Crippen MR) is 219 cm³/mol. The van der Waals surface area contributed by atoms with Crippen LogP contribution < -0.4 is 28.4 Å². The van der Waals surface area contributed by atoms with Gasteiger partial charge in [0, 0.05) is 24.3 Å². The number of hydrogen-bond donors (Lipinski definition) is 0. The molecule has 0 aliphatic carbocycles. The molecule has 10 nitrogen and oxygen atoms in total. The number of benzene rings is 2. The van der Waals surface area contributed by atoms with E-state index in [9.17, 15) is 0 Å². The molecule has 3 heterocycles. The first-order chi connectivity index (χ1) is 26.9.